The molecule has 0 aliphatic heterocycles. The number of hydrogen-bond acceptors (Lipinski definition) is 4. The largest absolute Gasteiger partial charge is 0.478 e. The standard InChI is InChI=1S/C32H25Cl2N3O3/c1-2-37-19-30(26-14-10-23(33)17-28(26)34)36-31(37)16-5-20-3-6-21(7-4-20)22-8-11-24(12-9-22)40-25-13-15-29(35)27(18-25)32(38)39/h3-19H,2,35H2,1H3,(H,38,39)/b16-5+. The van der Waals surface area contributed by atoms with Crippen LogP contribution in [0.5, 0.6) is 11.5 Å². The van der Waals surface area contributed by atoms with Gasteiger partial charge in [-0.1, -0.05) is 65.7 Å². The maximum absolute atomic E-state index is 11.3. The van der Waals surface area contributed by atoms with Crippen molar-refractivity contribution in [3.8, 4) is 33.9 Å². The molecule has 0 radical (unpaired) electrons. The quantitative estimate of drug-likeness (QED) is 0.182. The van der Waals surface area contributed by atoms with Crippen LogP contribution in [0.1, 0.15) is 28.7 Å². The molecule has 5 aromatic rings. The average molecular weight is 570 g/mol. The van der Waals surface area contributed by atoms with Crippen LogP contribution in [0.2, 0.25) is 10.0 Å². The number of carboxylic acid groups (broad SMARTS) is 1. The Bertz CT molecular complexity index is 1710. The number of nitrogen functional groups attached to an aromatic ring is 1. The zero-order valence-corrected chi connectivity index (χ0v) is 23.0. The van der Waals surface area contributed by atoms with Crippen molar-refractivity contribution in [3.05, 3.63) is 118 Å². The number of ether oxygens (including phenoxy) is 1. The number of aromatic carboxylic acids is 1. The van der Waals surface area contributed by atoms with Crippen molar-refractivity contribution in [1.82, 2.24) is 9.55 Å². The molecule has 8 heteroatoms. The van der Waals surface area contributed by atoms with E-state index < -0.39 is 5.97 Å². The molecule has 1 heterocycles. The van der Waals surface area contributed by atoms with Gasteiger partial charge in [0.2, 0.25) is 0 Å². The number of halogens is 2. The van der Waals surface area contributed by atoms with Crippen LogP contribution in [-0.4, -0.2) is 20.6 Å². The Labute approximate surface area is 241 Å². The SMILES string of the molecule is CCn1cc(-c2ccc(Cl)cc2Cl)nc1/C=C/c1ccc(-c2ccc(Oc3ccc(N)c(C(=O)O)c3)cc2)cc1. The lowest BCUT2D eigenvalue weighted by Crippen LogP contribution is -2.02. The number of imidazole rings is 1. The number of hydrogen-bond donors (Lipinski definition) is 2. The van der Waals surface area contributed by atoms with Gasteiger partial charge in [-0.05, 0) is 78.2 Å². The summed E-state index contributed by atoms with van der Waals surface area (Å²) in [5.74, 6) is 0.734. The van der Waals surface area contributed by atoms with E-state index in [9.17, 15) is 9.90 Å². The number of carboxylic acids is 1. The van der Waals surface area contributed by atoms with Crippen molar-refractivity contribution in [2.75, 3.05) is 5.73 Å². The van der Waals surface area contributed by atoms with Gasteiger partial charge in [-0.2, -0.15) is 0 Å². The van der Waals surface area contributed by atoms with Crippen molar-refractivity contribution in [1.29, 1.82) is 0 Å². The minimum atomic E-state index is -1.10. The molecule has 40 heavy (non-hydrogen) atoms. The number of nitrogens with two attached hydrogens (primary N) is 1. The maximum atomic E-state index is 11.3. The molecule has 1 aromatic heterocycles. The first-order valence-corrected chi connectivity index (χ1v) is 13.3. The van der Waals surface area contributed by atoms with Crippen LogP contribution < -0.4 is 10.5 Å². The van der Waals surface area contributed by atoms with Crippen LogP contribution in [0.4, 0.5) is 5.69 Å². The third-order valence-corrected chi connectivity index (χ3v) is 6.92. The lowest BCUT2D eigenvalue weighted by Gasteiger charge is -2.09. The van der Waals surface area contributed by atoms with Crippen molar-refractivity contribution >= 4 is 47.0 Å². The number of rotatable bonds is 8. The molecular formula is C32H25Cl2N3O3. The maximum Gasteiger partial charge on any atom is 0.337 e. The van der Waals surface area contributed by atoms with Crippen molar-refractivity contribution < 1.29 is 14.6 Å². The lowest BCUT2D eigenvalue weighted by atomic mass is 10.0. The average Bonchev–Trinajstić information content (AvgIpc) is 3.36. The minimum Gasteiger partial charge on any atom is -0.478 e. The lowest BCUT2D eigenvalue weighted by molar-refractivity contribution is 0.0697. The van der Waals surface area contributed by atoms with E-state index in [0.717, 1.165) is 40.3 Å². The summed E-state index contributed by atoms with van der Waals surface area (Å²) in [6.07, 6.45) is 6.01. The fraction of sp³-hybridized carbons (Fsp3) is 0.0625. The van der Waals surface area contributed by atoms with Gasteiger partial charge in [0, 0.05) is 29.0 Å². The molecule has 200 valence electrons. The predicted octanol–water partition coefficient (Wildman–Crippen LogP) is 8.79. The van der Waals surface area contributed by atoms with Gasteiger partial charge in [-0.25, -0.2) is 9.78 Å². The van der Waals surface area contributed by atoms with Crippen LogP contribution in [0, 0.1) is 0 Å². The highest BCUT2D eigenvalue weighted by molar-refractivity contribution is 6.36. The number of nitrogens with zero attached hydrogens (tertiary/aromatic N) is 2. The Morgan fingerprint density at radius 1 is 0.925 bits per heavy atom. The summed E-state index contributed by atoms with van der Waals surface area (Å²) >= 11 is 12.4. The zero-order valence-electron chi connectivity index (χ0n) is 21.5. The van der Waals surface area contributed by atoms with E-state index in [4.69, 9.17) is 38.7 Å². The second-order valence-electron chi connectivity index (χ2n) is 9.03. The summed E-state index contributed by atoms with van der Waals surface area (Å²) in [4.78, 5) is 16.1. The Hall–Kier alpha value is -4.52. The van der Waals surface area contributed by atoms with E-state index in [2.05, 4.69) is 23.6 Å². The summed E-state index contributed by atoms with van der Waals surface area (Å²) in [5, 5.41) is 10.4. The third-order valence-electron chi connectivity index (χ3n) is 6.37. The molecule has 0 fully saturated rings. The molecule has 5 rings (SSSR count). The first-order chi connectivity index (χ1) is 19.3. The van der Waals surface area contributed by atoms with Crippen molar-refractivity contribution in [2.45, 2.75) is 13.5 Å². The number of benzene rings is 4. The molecule has 0 aliphatic carbocycles. The van der Waals surface area contributed by atoms with Crippen LogP contribution in [0.3, 0.4) is 0 Å². The molecule has 6 nitrogen and oxygen atoms in total. The molecule has 0 aliphatic rings. The van der Waals surface area contributed by atoms with Crippen LogP contribution in [-0.2, 0) is 6.54 Å². The number of carbonyl (C=O) groups is 1. The Balaban J connectivity index is 1.28. The van der Waals surface area contributed by atoms with E-state index in [0.29, 0.717) is 21.5 Å². The van der Waals surface area contributed by atoms with Crippen molar-refractivity contribution in [2.24, 2.45) is 0 Å². The van der Waals surface area contributed by atoms with Crippen molar-refractivity contribution in [3.63, 3.8) is 0 Å². The van der Waals surface area contributed by atoms with E-state index in [-0.39, 0.29) is 11.3 Å². The third kappa shape index (κ3) is 6.04. The molecule has 0 atom stereocenters. The minimum absolute atomic E-state index is 0.00771. The van der Waals surface area contributed by atoms with E-state index >= 15 is 0 Å². The van der Waals surface area contributed by atoms with Gasteiger partial charge in [0.1, 0.15) is 17.3 Å². The summed E-state index contributed by atoms with van der Waals surface area (Å²) in [6.45, 7) is 2.84. The van der Waals surface area contributed by atoms with Gasteiger partial charge in [0.25, 0.3) is 0 Å². The molecule has 0 saturated heterocycles. The first-order valence-electron chi connectivity index (χ1n) is 12.5. The molecule has 0 unspecified atom stereocenters. The molecule has 3 N–H and O–H groups in total. The van der Waals surface area contributed by atoms with Gasteiger partial charge in [-0.3, -0.25) is 0 Å². The number of anilines is 1. The Morgan fingerprint density at radius 2 is 1.60 bits per heavy atom. The normalized spacial score (nSPS) is 11.2. The van der Waals surface area contributed by atoms with Crippen LogP contribution in [0.25, 0.3) is 34.5 Å². The summed E-state index contributed by atoms with van der Waals surface area (Å²) in [7, 11) is 0. The smallest absolute Gasteiger partial charge is 0.337 e. The number of aryl methyl sites for hydroxylation is 1. The van der Waals surface area contributed by atoms with Crippen LogP contribution in [0.15, 0.2) is 91.1 Å². The second-order valence-corrected chi connectivity index (χ2v) is 9.87. The molecule has 0 amide bonds. The molecule has 0 spiro atoms. The highest BCUT2D eigenvalue weighted by Gasteiger charge is 2.12. The summed E-state index contributed by atoms with van der Waals surface area (Å²) < 4.78 is 7.89. The van der Waals surface area contributed by atoms with Gasteiger partial charge < -0.3 is 20.1 Å². The molecule has 0 saturated carbocycles. The number of aromatic nitrogens is 2. The van der Waals surface area contributed by atoms with Gasteiger partial charge >= 0.3 is 5.97 Å². The fourth-order valence-corrected chi connectivity index (χ4v) is 4.74. The molecule has 0 bridgehead atoms. The second kappa shape index (κ2) is 11.7. The first kappa shape index (κ1) is 27.1. The van der Waals surface area contributed by atoms with E-state index in [1.54, 1.807) is 12.1 Å². The van der Waals surface area contributed by atoms with E-state index in [1.165, 1.54) is 12.1 Å². The van der Waals surface area contributed by atoms with Gasteiger partial charge in [-0.15, -0.1) is 0 Å². The molecule has 4 aromatic carbocycles. The van der Waals surface area contributed by atoms with Gasteiger partial charge in [0.15, 0.2) is 0 Å². The summed E-state index contributed by atoms with van der Waals surface area (Å²) in [5.41, 5.74) is 10.7. The predicted molar refractivity (Wildman–Crippen MR) is 162 cm³/mol. The Morgan fingerprint density at radius 3 is 2.25 bits per heavy atom. The highest BCUT2D eigenvalue weighted by atomic mass is 35.5. The topological polar surface area (TPSA) is 90.4 Å². The molecular weight excluding hydrogens is 545 g/mol. The summed E-state index contributed by atoms with van der Waals surface area (Å²) in [6, 6.07) is 25.8. The highest BCUT2D eigenvalue weighted by Crippen LogP contribution is 2.31. The van der Waals surface area contributed by atoms with Gasteiger partial charge in [0.05, 0.1) is 16.3 Å². The fourth-order valence-electron chi connectivity index (χ4n) is 4.24. The zero-order chi connectivity index (χ0) is 28.2. The van der Waals surface area contributed by atoms with E-state index in [1.807, 2.05) is 66.9 Å². The Kier molecular flexibility index (Phi) is 7.91. The van der Waals surface area contributed by atoms with Crippen LogP contribution >= 0.6 is 23.2 Å². The monoisotopic (exact) mass is 569 g/mol.